The van der Waals surface area contributed by atoms with E-state index in [-0.39, 0.29) is 17.8 Å². The number of carbonyl (C=O) groups excluding carboxylic acids is 3. The minimum absolute atomic E-state index is 0.0896. The minimum atomic E-state index is -0.603. The number of carbonyl (C=O) groups is 3. The third-order valence-corrected chi connectivity index (χ3v) is 4.56. The molecule has 2 aromatic rings. The molecule has 1 amide bonds. The molecule has 1 aliphatic heterocycles. The second kappa shape index (κ2) is 7.52. The van der Waals surface area contributed by atoms with Gasteiger partial charge in [-0.05, 0) is 25.5 Å². The van der Waals surface area contributed by atoms with Crippen LogP contribution in [0.3, 0.4) is 0 Å². The molecule has 0 aromatic heterocycles. The number of ether oxygens (including phenoxy) is 1. The van der Waals surface area contributed by atoms with Crippen molar-refractivity contribution in [3.05, 3.63) is 71.3 Å². The van der Waals surface area contributed by atoms with Gasteiger partial charge in [0.15, 0.2) is 5.78 Å². The number of cyclic esters (lactones) is 1. The van der Waals surface area contributed by atoms with Crippen molar-refractivity contribution in [2.75, 3.05) is 0 Å². The van der Waals surface area contributed by atoms with Crippen molar-refractivity contribution in [2.24, 2.45) is 0 Å². The summed E-state index contributed by atoms with van der Waals surface area (Å²) in [5.74, 6) is -1.23. The molecule has 0 radical (unpaired) electrons. The van der Waals surface area contributed by atoms with E-state index < -0.39 is 17.9 Å². The molecule has 0 bridgehead atoms. The SMILES string of the molecule is CC1CC(NC(=O)C(C)c2cccc(C(=O)c3ccccc3)c2)C(=O)O1. The monoisotopic (exact) mass is 351 g/mol. The quantitative estimate of drug-likeness (QED) is 0.664. The van der Waals surface area contributed by atoms with E-state index >= 15 is 0 Å². The van der Waals surface area contributed by atoms with Gasteiger partial charge in [0.05, 0.1) is 5.92 Å². The average molecular weight is 351 g/mol. The Morgan fingerprint density at radius 3 is 2.42 bits per heavy atom. The van der Waals surface area contributed by atoms with Gasteiger partial charge in [-0.25, -0.2) is 4.79 Å². The van der Waals surface area contributed by atoms with Crippen LogP contribution in [0.2, 0.25) is 0 Å². The van der Waals surface area contributed by atoms with Gasteiger partial charge in [-0.3, -0.25) is 9.59 Å². The first-order valence-corrected chi connectivity index (χ1v) is 8.66. The molecule has 134 valence electrons. The highest BCUT2D eigenvalue weighted by atomic mass is 16.6. The number of hydrogen-bond donors (Lipinski definition) is 1. The average Bonchev–Trinajstić information content (AvgIpc) is 2.98. The van der Waals surface area contributed by atoms with Crippen molar-refractivity contribution < 1.29 is 19.1 Å². The van der Waals surface area contributed by atoms with E-state index in [4.69, 9.17) is 4.74 Å². The van der Waals surface area contributed by atoms with E-state index in [1.54, 1.807) is 44.2 Å². The van der Waals surface area contributed by atoms with Crippen LogP contribution >= 0.6 is 0 Å². The van der Waals surface area contributed by atoms with Gasteiger partial charge in [0, 0.05) is 17.5 Å². The van der Waals surface area contributed by atoms with Gasteiger partial charge in [0.1, 0.15) is 12.1 Å². The van der Waals surface area contributed by atoms with Crippen molar-refractivity contribution >= 4 is 17.7 Å². The predicted molar refractivity (Wildman–Crippen MR) is 96.8 cm³/mol. The van der Waals surface area contributed by atoms with Gasteiger partial charge in [-0.2, -0.15) is 0 Å². The van der Waals surface area contributed by atoms with Gasteiger partial charge < -0.3 is 10.1 Å². The Kier molecular flexibility index (Phi) is 5.16. The van der Waals surface area contributed by atoms with Gasteiger partial charge in [-0.1, -0.05) is 48.5 Å². The molecule has 1 N–H and O–H groups in total. The second-order valence-corrected chi connectivity index (χ2v) is 6.59. The molecule has 3 atom stereocenters. The topological polar surface area (TPSA) is 72.5 Å². The molecule has 26 heavy (non-hydrogen) atoms. The molecule has 0 saturated carbocycles. The summed E-state index contributed by atoms with van der Waals surface area (Å²) in [5.41, 5.74) is 1.86. The fourth-order valence-corrected chi connectivity index (χ4v) is 3.03. The standard InChI is InChI=1S/C21H21NO4/c1-13-11-18(21(25)26-13)22-20(24)14(2)16-9-6-10-17(12-16)19(23)15-7-4-3-5-8-15/h3-10,12-14,18H,11H2,1-2H3,(H,22,24). The molecule has 3 unspecified atom stereocenters. The number of benzene rings is 2. The summed E-state index contributed by atoms with van der Waals surface area (Å²) in [7, 11) is 0. The third-order valence-electron chi connectivity index (χ3n) is 4.56. The summed E-state index contributed by atoms with van der Waals surface area (Å²) >= 11 is 0. The number of rotatable bonds is 5. The van der Waals surface area contributed by atoms with Crippen LogP contribution in [0, 0.1) is 0 Å². The van der Waals surface area contributed by atoms with Crippen molar-refractivity contribution in [2.45, 2.75) is 38.3 Å². The first-order valence-electron chi connectivity index (χ1n) is 8.66. The van der Waals surface area contributed by atoms with Gasteiger partial charge >= 0.3 is 5.97 Å². The molecule has 0 spiro atoms. The molecular weight excluding hydrogens is 330 g/mol. The second-order valence-electron chi connectivity index (χ2n) is 6.59. The fraction of sp³-hybridized carbons (Fsp3) is 0.286. The zero-order chi connectivity index (χ0) is 18.7. The lowest BCUT2D eigenvalue weighted by molar-refractivity contribution is -0.143. The Morgan fingerprint density at radius 1 is 1.08 bits per heavy atom. The number of ketones is 1. The Bertz CT molecular complexity index is 831. The minimum Gasteiger partial charge on any atom is -0.461 e. The van der Waals surface area contributed by atoms with E-state index in [9.17, 15) is 14.4 Å². The van der Waals surface area contributed by atoms with Crippen LogP contribution in [-0.2, 0) is 14.3 Å². The highest BCUT2D eigenvalue weighted by Crippen LogP contribution is 2.21. The number of amides is 1. The lowest BCUT2D eigenvalue weighted by Gasteiger charge is -2.15. The lowest BCUT2D eigenvalue weighted by Crippen LogP contribution is -2.40. The van der Waals surface area contributed by atoms with E-state index in [0.29, 0.717) is 17.5 Å². The maximum atomic E-state index is 12.6. The van der Waals surface area contributed by atoms with Crippen molar-refractivity contribution in [3.8, 4) is 0 Å². The lowest BCUT2D eigenvalue weighted by atomic mass is 9.95. The van der Waals surface area contributed by atoms with E-state index in [1.807, 2.05) is 24.3 Å². The first-order chi connectivity index (χ1) is 12.5. The number of esters is 1. The summed E-state index contributed by atoms with van der Waals surface area (Å²) in [6, 6.07) is 15.4. The summed E-state index contributed by atoms with van der Waals surface area (Å²) < 4.78 is 5.06. The zero-order valence-corrected chi connectivity index (χ0v) is 14.8. The van der Waals surface area contributed by atoms with Gasteiger partial charge in [0.2, 0.25) is 5.91 Å². The fourth-order valence-electron chi connectivity index (χ4n) is 3.03. The molecule has 1 aliphatic rings. The highest BCUT2D eigenvalue weighted by Gasteiger charge is 2.34. The molecule has 3 rings (SSSR count). The van der Waals surface area contributed by atoms with E-state index in [0.717, 1.165) is 5.56 Å². The normalized spacial score (nSPS) is 20.3. The molecule has 1 saturated heterocycles. The van der Waals surface area contributed by atoms with Crippen molar-refractivity contribution in [1.82, 2.24) is 5.32 Å². The van der Waals surface area contributed by atoms with Crippen LogP contribution in [-0.4, -0.2) is 29.8 Å². The van der Waals surface area contributed by atoms with Crippen molar-refractivity contribution in [1.29, 1.82) is 0 Å². The first kappa shape index (κ1) is 17.9. The third kappa shape index (κ3) is 3.82. The largest absolute Gasteiger partial charge is 0.461 e. The number of hydrogen-bond acceptors (Lipinski definition) is 4. The molecule has 5 heteroatoms. The summed E-state index contributed by atoms with van der Waals surface area (Å²) in [6.45, 7) is 3.55. The Balaban J connectivity index is 1.74. The predicted octanol–water partition coefficient (Wildman–Crippen LogP) is 2.84. The highest BCUT2D eigenvalue weighted by molar-refractivity contribution is 6.09. The van der Waals surface area contributed by atoms with Gasteiger partial charge in [0.25, 0.3) is 0 Å². The Hall–Kier alpha value is -2.95. The molecule has 5 nitrogen and oxygen atoms in total. The number of nitrogens with one attached hydrogen (secondary N) is 1. The molecule has 1 fully saturated rings. The van der Waals surface area contributed by atoms with Crippen molar-refractivity contribution in [3.63, 3.8) is 0 Å². The molecule has 2 aromatic carbocycles. The summed E-state index contributed by atoms with van der Waals surface area (Å²) in [5, 5.41) is 2.74. The maximum Gasteiger partial charge on any atom is 0.329 e. The Labute approximate surface area is 152 Å². The van der Waals surface area contributed by atoms with E-state index in [1.165, 1.54) is 0 Å². The van der Waals surface area contributed by atoms with Crippen LogP contribution in [0.5, 0.6) is 0 Å². The molecule has 0 aliphatic carbocycles. The molecular formula is C21H21NO4. The Morgan fingerprint density at radius 2 is 1.77 bits per heavy atom. The van der Waals surface area contributed by atoms with Crippen LogP contribution in [0.1, 0.15) is 47.7 Å². The summed E-state index contributed by atoms with van der Waals surface area (Å²) in [6.07, 6.45) is 0.291. The van der Waals surface area contributed by atoms with Crippen LogP contribution in [0.4, 0.5) is 0 Å². The van der Waals surface area contributed by atoms with Crippen LogP contribution < -0.4 is 5.32 Å². The van der Waals surface area contributed by atoms with Gasteiger partial charge in [-0.15, -0.1) is 0 Å². The zero-order valence-electron chi connectivity index (χ0n) is 14.8. The molecule has 1 heterocycles. The maximum absolute atomic E-state index is 12.6. The summed E-state index contributed by atoms with van der Waals surface area (Å²) in [4.78, 5) is 36.8. The smallest absolute Gasteiger partial charge is 0.329 e. The van der Waals surface area contributed by atoms with E-state index in [2.05, 4.69) is 5.32 Å². The van der Waals surface area contributed by atoms with Crippen LogP contribution in [0.25, 0.3) is 0 Å². The van der Waals surface area contributed by atoms with Crippen LogP contribution in [0.15, 0.2) is 54.6 Å².